The molecule has 3 aliphatic rings. The highest BCUT2D eigenvalue weighted by molar-refractivity contribution is 6.15. The Hall–Kier alpha value is -2.32. The molecule has 3 heterocycles. The number of benzene rings is 1. The molecule has 7 nitrogen and oxygen atoms in total. The first-order valence-electron chi connectivity index (χ1n) is 8.95. The molecule has 5 atom stereocenters. The zero-order valence-corrected chi connectivity index (χ0v) is 15.5. The molecule has 27 heavy (non-hydrogen) atoms. The van der Waals surface area contributed by atoms with Crippen LogP contribution in [0.3, 0.4) is 0 Å². The van der Waals surface area contributed by atoms with Crippen molar-refractivity contribution in [3.63, 3.8) is 0 Å². The number of likely N-dealkylation sites (tertiary alicyclic amines) is 1. The van der Waals surface area contributed by atoms with Gasteiger partial charge in [-0.2, -0.15) is 0 Å². The molecule has 0 bridgehead atoms. The summed E-state index contributed by atoms with van der Waals surface area (Å²) in [6.07, 6.45) is -0.987. The minimum atomic E-state index is -1.59. The summed E-state index contributed by atoms with van der Waals surface area (Å²) in [5.41, 5.74) is -1.67. The van der Waals surface area contributed by atoms with Crippen molar-refractivity contribution in [2.75, 3.05) is 5.32 Å². The van der Waals surface area contributed by atoms with Crippen LogP contribution < -0.4 is 10.6 Å². The largest absolute Gasteiger partial charge is 0.392 e. The van der Waals surface area contributed by atoms with E-state index in [0.29, 0.717) is 11.3 Å². The third kappa shape index (κ3) is 2.17. The van der Waals surface area contributed by atoms with Gasteiger partial charge in [-0.25, -0.2) is 4.39 Å². The summed E-state index contributed by atoms with van der Waals surface area (Å²) >= 11 is 0. The van der Waals surface area contributed by atoms with Crippen LogP contribution in [0.4, 0.5) is 10.1 Å². The van der Waals surface area contributed by atoms with Crippen LogP contribution in [0.1, 0.15) is 33.3 Å². The molecule has 0 aliphatic carbocycles. The molecule has 1 aromatic rings. The Balaban J connectivity index is 1.95. The normalized spacial score (nSPS) is 33.5. The molecule has 4 rings (SSSR count). The Kier molecular flexibility index (Phi) is 3.58. The van der Waals surface area contributed by atoms with E-state index in [1.165, 1.54) is 30.0 Å². The van der Waals surface area contributed by atoms with Gasteiger partial charge in [-0.15, -0.1) is 0 Å². The predicted octanol–water partition coefficient (Wildman–Crippen LogP) is 0.725. The fourth-order valence-electron chi connectivity index (χ4n) is 4.78. The number of hydrogen-bond acceptors (Lipinski definition) is 5. The van der Waals surface area contributed by atoms with Gasteiger partial charge in [0.25, 0.3) is 0 Å². The monoisotopic (exact) mass is 375 g/mol. The summed E-state index contributed by atoms with van der Waals surface area (Å²) < 4.78 is 14.0. The first kappa shape index (κ1) is 18.1. The van der Waals surface area contributed by atoms with Gasteiger partial charge < -0.3 is 10.4 Å². The SMILES string of the molecule is C[C@@H](O)[C@@H]1N[C@]2(C(=O)Nc3ccc(F)cc32)[C@@H]2C(=O)N(C(C)(C)C)C(=O)[C@H]12. The minimum absolute atomic E-state index is 0.294. The molecule has 2 saturated heterocycles. The van der Waals surface area contributed by atoms with Crippen LogP contribution in [0.15, 0.2) is 18.2 Å². The molecular formula is C19H22FN3O4. The van der Waals surface area contributed by atoms with Crippen LogP contribution in [0.25, 0.3) is 0 Å². The van der Waals surface area contributed by atoms with Crippen molar-refractivity contribution in [3.05, 3.63) is 29.6 Å². The van der Waals surface area contributed by atoms with Crippen molar-refractivity contribution in [2.45, 2.75) is 50.9 Å². The summed E-state index contributed by atoms with van der Waals surface area (Å²) in [4.78, 5) is 40.7. The van der Waals surface area contributed by atoms with Crippen molar-refractivity contribution in [1.29, 1.82) is 0 Å². The molecule has 0 aromatic heterocycles. The van der Waals surface area contributed by atoms with Crippen molar-refractivity contribution >= 4 is 23.4 Å². The minimum Gasteiger partial charge on any atom is -0.392 e. The maximum atomic E-state index is 14.0. The highest BCUT2D eigenvalue weighted by atomic mass is 19.1. The molecule has 0 saturated carbocycles. The number of aliphatic hydroxyl groups excluding tert-OH is 1. The second kappa shape index (κ2) is 5.36. The van der Waals surface area contributed by atoms with E-state index in [1.807, 2.05) is 0 Å². The molecular weight excluding hydrogens is 353 g/mol. The number of rotatable bonds is 1. The summed E-state index contributed by atoms with van der Waals surface area (Å²) in [6.45, 7) is 6.72. The third-order valence-electron chi connectivity index (χ3n) is 5.80. The lowest BCUT2D eigenvalue weighted by Gasteiger charge is -2.35. The molecule has 3 N–H and O–H groups in total. The quantitative estimate of drug-likeness (QED) is 0.629. The number of nitrogens with one attached hydrogen (secondary N) is 2. The Labute approximate surface area is 155 Å². The number of nitrogens with zero attached hydrogens (tertiary/aromatic N) is 1. The maximum absolute atomic E-state index is 14.0. The van der Waals surface area contributed by atoms with Crippen molar-refractivity contribution in [1.82, 2.24) is 10.2 Å². The van der Waals surface area contributed by atoms with Gasteiger partial charge in [-0.1, -0.05) is 0 Å². The number of halogens is 1. The van der Waals surface area contributed by atoms with Crippen LogP contribution in [0, 0.1) is 17.7 Å². The number of aliphatic hydroxyl groups is 1. The summed E-state index contributed by atoms with van der Waals surface area (Å²) in [7, 11) is 0. The van der Waals surface area contributed by atoms with Crippen molar-refractivity contribution < 1.29 is 23.9 Å². The zero-order valence-electron chi connectivity index (χ0n) is 15.5. The molecule has 0 radical (unpaired) electrons. The van der Waals surface area contributed by atoms with Gasteiger partial charge >= 0.3 is 0 Å². The van der Waals surface area contributed by atoms with Crippen LogP contribution in [0.2, 0.25) is 0 Å². The summed E-state index contributed by atoms with van der Waals surface area (Å²) in [5, 5.41) is 16.0. The van der Waals surface area contributed by atoms with Crippen LogP contribution in [-0.4, -0.2) is 45.4 Å². The lowest BCUT2D eigenvalue weighted by Crippen LogP contribution is -2.57. The Morgan fingerprint density at radius 2 is 1.89 bits per heavy atom. The van der Waals surface area contributed by atoms with E-state index in [1.54, 1.807) is 20.8 Å². The number of carbonyl (C=O) groups is 3. The molecule has 0 unspecified atom stereocenters. The van der Waals surface area contributed by atoms with E-state index in [2.05, 4.69) is 10.6 Å². The van der Waals surface area contributed by atoms with Gasteiger partial charge in [0.1, 0.15) is 11.4 Å². The standard InChI is InChI=1S/C19H22FN3O4/c1-8(24)14-12-13(16(26)23(15(12)25)18(2,3)4)19(22-14)10-7-9(20)5-6-11(10)21-17(19)27/h5-8,12-14,22,24H,1-4H3,(H,21,27)/t8-,12+,13+,14+,19+/m1/s1. The lowest BCUT2D eigenvalue weighted by atomic mass is 9.76. The fourth-order valence-corrected chi connectivity index (χ4v) is 4.78. The van der Waals surface area contributed by atoms with E-state index in [4.69, 9.17) is 0 Å². The molecule has 3 aliphatic heterocycles. The van der Waals surface area contributed by atoms with Gasteiger partial charge in [0.15, 0.2) is 0 Å². The number of anilines is 1. The Bertz CT molecular complexity index is 878. The molecule has 1 aromatic carbocycles. The third-order valence-corrected chi connectivity index (χ3v) is 5.80. The summed E-state index contributed by atoms with van der Waals surface area (Å²) in [6, 6.07) is 3.06. The number of imide groups is 1. The van der Waals surface area contributed by atoms with E-state index < -0.39 is 58.6 Å². The molecule has 144 valence electrons. The average Bonchev–Trinajstić information content (AvgIpc) is 3.13. The highest BCUT2D eigenvalue weighted by Crippen LogP contribution is 2.54. The van der Waals surface area contributed by atoms with Gasteiger partial charge in [0.2, 0.25) is 17.7 Å². The fraction of sp³-hybridized carbons (Fsp3) is 0.526. The van der Waals surface area contributed by atoms with E-state index in [0.717, 1.165) is 0 Å². The highest BCUT2D eigenvalue weighted by Gasteiger charge is 2.72. The molecule has 1 spiro atoms. The van der Waals surface area contributed by atoms with Crippen molar-refractivity contribution in [2.24, 2.45) is 11.8 Å². The topological polar surface area (TPSA) is 98.7 Å². The van der Waals surface area contributed by atoms with Crippen LogP contribution >= 0.6 is 0 Å². The number of amides is 3. The molecule has 8 heteroatoms. The first-order valence-corrected chi connectivity index (χ1v) is 8.95. The molecule has 2 fully saturated rings. The average molecular weight is 375 g/mol. The number of fused-ring (bicyclic) bond motifs is 4. The van der Waals surface area contributed by atoms with Gasteiger partial charge in [-0.3, -0.25) is 24.6 Å². The van der Waals surface area contributed by atoms with Crippen LogP contribution in [0.5, 0.6) is 0 Å². The van der Waals surface area contributed by atoms with Crippen molar-refractivity contribution in [3.8, 4) is 0 Å². The zero-order chi connectivity index (χ0) is 19.9. The van der Waals surface area contributed by atoms with E-state index >= 15 is 0 Å². The summed E-state index contributed by atoms with van der Waals surface area (Å²) in [5.74, 6) is -3.93. The second-order valence-corrected chi connectivity index (χ2v) is 8.55. The Morgan fingerprint density at radius 3 is 2.48 bits per heavy atom. The van der Waals surface area contributed by atoms with E-state index in [-0.39, 0.29) is 0 Å². The van der Waals surface area contributed by atoms with Gasteiger partial charge in [-0.05, 0) is 45.9 Å². The maximum Gasteiger partial charge on any atom is 0.250 e. The second-order valence-electron chi connectivity index (χ2n) is 8.55. The van der Waals surface area contributed by atoms with E-state index in [9.17, 15) is 23.9 Å². The number of carbonyl (C=O) groups excluding carboxylic acids is 3. The van der Waals surface area contributed by atoms with Crippen LogP contribution in [-0.2, 0) is 19.9 Å². The predicted molar refractivity (Wildman–Crippen MR) is 93.9 cm³/mol. The lowest BCUT2D eigenvalue weighted by molar-refractivity contribution is -0.148. The smallest absolute Gasteiger partial charge is 0.250 e. The van der Waals surface area contributed by atoms with Gasteiger partial charge in [0, 0.05) is 22.8 Å². The van der Waals surface area contributed by atoms with Gasteiger partial charge in [0.05, 0.1) is 17.9 Å². The molecule has 3 amide bonds. The Morgan fingerprint density at radius 1 is 1.22 bits per heavy atom. The first-order chi connectivity index (χ1) is 12.5. The number of hydrogen-bond donors (Lipinski definition) is 3.